The molecule has 1 rings (SSSR count). The van der Waals surface area contributed by atoms with Crippen LogP contribution in [0.25, 0.3) is 0 Å². The van der Waals surface area contributed by atoms with Gasteiger partial charge < -0.3 is 32.5 Å². The predicted molar refractivity (Wildman–Crippen MR) is 134 cm³/mol. The van der Waals surface area contributed by atoms with E-state index in [-0.39, 0.29) is 31.1 Å². The van der Waals surface area contributed by atoms with Gasteiger partial charge in [0.25, 0.3) is 0 Å². The van der Waals surface area contributed by atoms with Crippen LogP contribution in [0.15, 0.2) is 30.3 Å². The number of primary amides is 1. The van der Waals surface area contributed by atoms with Gasteiger partial charge in [-0.2, -0.15) is 0 Å². The van der Waals surface area contributed by atoms with E-state index in [1.807, 2.05) is 13.8 Å². The number of carboxylic acids is 1. The third kappa shape index (κ3) is 10.9. The second-order valence-electron chi connectivity index (χ2n) is 9.62. The molecule has 1 aromatic carbocycles. The highest BCUT2D eigenvalue weighted by atomic mass is 16.4. The van der Waals surface area contributed by atoms with Crippen molar-refractivity contribution in [1.82, 2.24) is 16.0 Å². The van der Waals surface area contributed by atoms with Crippen molar-refractivity contribution >= 4 is 29.6 Å². The summed E-state index contributed by atoms with van der Waals surface area (Å²) in [5.41, 5.74) is 11.8. The van der Waals surface area contributed by atoms with Gasteiger partial charge in [0.15, 0.2) is 0 Å². The number of hydrogen-bond donors (Lipinski definition) is 6. The van der Waals surface area contributed by atoms with Gasteiger partial charge in [-0.15, -0.1) is 0 Å². The van der Waals surface area contributed by atoms with Crippen LogP contribution in [0, 0.1) is 11.8 Å². The van der Waals surface area contributed by atoms with Crippen molar-refractivity contribution in [3.63, 3.8) is 0 Å². The van der Waals surface area contributed by atoms with Gasteiger partial charge in [0.05, 0.1) is 6.04 Å². The Kier molecular flexibility index (Phi) is 12.6. The van der Waals surface area contributed by atoms with Crippen LogP contribution >= 0.6 is 0 Å². The predicted octanol–water partition coefficient (Wildman–Crippen LogP) is 0.0630. The minimum Gasteiger partial charge on any atom is -0.480 e. The lowest BCUT2D eigenvalue weighted by atomic mass is 9.99. The molecule has 0 aliphatic heterocycles. The number of carbonyl (C=O) groups is 5. The first kappa shape index (κ1) is 30.6. The smallest absolute Gasteiger partial charge is 0.326 e. The molecule has 0 radical (unpaired) electrons. The lowest BCUT2D eigenvalue weighted by molar-refractivity contribution is -0.142. The van der Waals surface area contributed by atoms with Crippen molar-refractivity contribution in [3.8, 4) is 0 Å². The van der Waals surface area contributed by atoms with Crippen LogP contribution in [-0.2, 0) is 30.4 Å². The molecular formula is C25H39N5O6. The fraction of sp³-hybridized carbons (Fsp3) is 0.560. The third-order valence-corrected chi connectivity index (χ3v) is 5.52. The summed E-state index contributed by atoms with van der Waals surface area (Å²) < 4.78 is 0. The molecule has 0 spiro atoms. The van der Waals surface area contributed by atoms with Gasteiger partial charge in [-0.25, -0.2) is 4.79 Å². The highest BCUT2D eigenvalue weighted by Crippen LogP contribution is 2.09. The van der Waals surface area contributed by atoms with E-state index in [9.17, 15) is 29.1 Å². The highest BCUT2D eigenvalue weighted by molar-refractivity contribution is 5.94. The van der Waals surface area contributed by atoms with E-state index in [4.69, 9.17) is 11.5 Å². The van der Waals surface area contributed by atoms with E-state index in [2.05, 4.69) is 16.0 Å². The van der Waals surface area contributed by atoms with Crippen LogP contribution in [0.1, 0.15) is 52.5 Å². The summed E-state index contributed by atoms with van der Waals surface area (Å²) in [4.78, 5) is 61.5. The highest BCUT2D eigenvalue weighted by Gasteiger charge is 2.32. The zero-order chi connectivity index (χ0) is 27.4. The minimum absolute atomic E-state index is 0.0756. The Morgan fingerprint density at radius 1 is 0.861 bits per heavy atom. The number of amides is 4. The van der Waals surface area contributed by atoms with E-state index in [1.165, 1.54) is 0 Å². The Hall–Kier alpha value is -3.47. The summed E-state index contributed by atoms with van der Waals surface area (Å²) in [6, 6.07) is 4.61. The largest absolute Gasteiger partial charge is 0.480 e. The van der Waals surface area contributed by atoms with Crippen LogP contribution in [-0.4, -0.2) is 58.9 Å². The lowest BCUT2D eigenvalue weighted by Gasteiger charge is -2.27. The summed E-state index contributed by atoms with van der Waals surface area (Å²) in [6.07, 6.45) is 0.0945. The second-order valence-corrected chi connectivity index (χ2v) is 9.62. The van der Waals surface area contributed by atoms with Gasteiger partial charge in [0.2, 0.25) is 23.6 Å². The first-order valence-electron chi connectivity index (χ1n) is 12.0. The van der Waals surface area contributed by atoms with Crippen LogP contribution in [0.5, 0.6) is 0 Å². The van der Waals surface area contributed by atoms with Crippen LogP contribution < -0.4 is 27.4 Å². The summed E-state index contributed by atoms with van der Waals surface area (Å²) in [5, 5.41) is 17.1. The Balaban J connectivity index is 3.08. The van der Waals surface area contributed by atoms with E-state index in [0.29, 0.717) is 6.42 Å². The topological polar surface area (TPSA) is 194 Å². The number of benzene rings is 1. The number of carbonyl (C=O) groups excluding carboxylic acids is 4. The molecule has 0 heterocycles. The maximum absolute atomic E-state index is 13.2. The van der Waals surface area contributed by atoms with Gasteiger partial charge in [-0.05, 0) is 30.2 Å². The zero-order valence-corrected chi connectivity index (χ0v) is 21.3. The Morgan fingerprint density at radius 2 is 1.44 bits per heavy atom. The van der Waals surface area contributed by atoms with E-state index >= 15 is 0 Å². The van der Waals surface area contributed by atoms with Crippen molar-refractivity contribution < 1.29 is 29.1 Å². The van der Waals surface area contributed by atoms with Gasteiger partial charge in [0, 0.05) is 12.8 Å². The molecule has 0 saturated heterocycles. The van der Waals surface area contributed by atoms with Crippen molar-refractivity contribution in [1.29, 1.82) is 0 Å². The van der Waals surface area contributed by atoms with Gasteiger partial charge in [-0.1, -0.05) is 58.0 Å². The van der Waals surface area contributed by atoms with Gasteiger partial charge >= 0.3 is 5.97 Å². The molecule has 11 heteroatoms. The summed E-state index contributed by atoms with van der Waals surface area (Å²) in [6.45, 7) is 7.35. The van der Waals surface area contributed by atoms with Crippen LogP contribution in [0.3, 0.4) is 0 Å². The fourth-order valence-corrected chi connectivity index (χ4v) is 3.55. The Morgan fingerprint density at radius 3 is 1.94 bits per heavy atom. The number of hydrogen-bond acceptors (Lipinski definition) is 6. The van der Waals surface area contributed by atoms with Crippen LogP contribution in [0.4, 0.5) is 0 Å². The molecule has 0 aliphatic rings. The zero-order valence-electron chi connectivity index (χ0n) is 21.3. The number of carboxylic acid groups (broad SMARTS) is 1. The quantitative estimate of drug-likeness (QED) is 0.194. The third-order valence-electron chi connectivity index (χ3n) is 5.52. The molecule has 200 valence electrons. The van der Waals surface area contributed by atoms with Crippen molar-refractivity contribution in [2.24, 2.45) is 23.3 Å². The molecule has 4 atom stereocenters. The molecule has 4 unspecified atom stereocenters. The number of nitrogens with one attached hydrogen (secondary N) is 3. The summed E-state index contributed by atoms with van der Waals surface area (Å²) in [5.74, 6) is -3.98. The minimum atomic E-state index is -1.37. The van der Waals surface area contributed by atoms with Crippen molar-refractivity contribution in [2.75, 3.05) is 0 Å². The van der Waals surface area contributed by atoms with Crippen molar-refractivity contribution in [2.45, 2.75) is 77.5 Å². The number of aliphatic carboxylic acids is 1. The number of nitrogens with two attached hydrogens (primary N) is 2. The maximum atomic E-state index is 13.2. The molecule has 0 fully saturated rings. The molecule has 0 bridgehead atoms. The monoisotopic (exact) mass is 505 g/mol. The molecule has 11 nitrogen and oxygen atoms in total. The molecule has 36 heavy (non-hydrogen) atoms. The SMILES string of the molecule is CC(C)CC(N)C(=O)NC(C(=O)NC(Cc1ccccc1)C(=O)NC(CCC(N)=O)C(=O)O)C(C)C. The van der Waals surface area contributed by atoms with E-state index < -0.39 is 53.8 Å². The standard InChI is InChI=1S/C25H39N5O6/c1-14(2)12-17(26)22(32)30-21(15(3)4)24(34)29-19(13-16-8-6-5-7-9-16)23(33)28-18(25(35)36)10-11-20(27)31/h5-9,14-15,17-19,21H,10-13,26H2,1-4H3,(H2,27,31)(H,28,33)(H,29,34)(H,30,32)(H,35,36). The Bertz CT molecular complexity index is 905. The van der Waals surface area contributed by atoms with E-state index in [0.717, 1.165) is 5.56 Å². The van der Waals surface area contributed by atoms with Gasteiger partial charge in [0.1, 0.15) is 18.1 Å². The molecule has 4 amide bonds. The van der Waals surface area contributed by atoms with Crippen molar-refractivity contribution in [3.05, 3.63) is 35.9 Å². The summed E-state index contributed by atoms with van der Waals surface area (Å²) in [7, 11) is 0. The van der Waals surface area contributed by atoms with E-state index in [1.54, 1.807) is 44.2 Å². The normalized spacial score (nSPS) is 14.4. The average molecular weight is 506 g/mol. The summed E-state index contributed by atoms with van der Waals surface area (Å²) >= 11 is 0. The second kappa shape index (κ2) is 14.8. The first-order valence-corrected chi connectivity index (χ1v) is 12.0. The number of rotatable bonds is 15. The fourth-order valence-electron chi connectivity index (χ4n) is 3.55. The average Bonchev–Trinajstić information content (AvgIpc) is 2.78. The molecular weight excluding hydrogens is 466 g/mol. The molecule has 0 aromatic heterocycles. The lowest BCUT2D eigenvalue weighted by Crippen LogP contribution is -2.59. The molecule has 1 aromatic rings. The van der Waals surface area contributed by atoms with Crippen LogP contribution in [0.2, 0.25) is 0 Å². The molecule has 8 N–H and O–H groups in total. The first-order chi connectivity index (χ1) is 16.8. The Labute approximate surface area is 211 Å². The molecule has 0 aliphatic carbocycles. The molecule has 0 saturated carbocycles. The maximum Gasteiger partial charge on any atom is 0.326 e. The van der Waals surface area contributed by atoms with Gasteiger partial charge in [-0.3, -0.25) is 19.2 Å².